The third kappa shape index (κ3) is 12.9. The largest absolute Gasteiger partial charge is 0.501 e. The van der Waals surface area contributed by atoms with Gasteiger partial charge in [0.2, 0.25) is 12.2 Å². The van der Waals surface area contributed by atoms with E-state index >= 15 is 0 Å². The Morgan fingerprint density at radius 3 is 2.46 bits per heavy atom. The van der Waals surface area contributed by atoms with Crippen molar-refractivity contribution in [1.82, 2.24) is 30.2 Å². The minimum absolute atomic E-state index is 0.0712. The molecule has 4 aromatic carbocycles. The number of halogens is 1. The lowest BCUT2D eigenvalue weighted by Crippen LogP contribution is -2.60. The van der Waals surface area contributed by atoms with Crippen LogP contribution in [0.5, 0.6) is 23.0 Å². The number of carbonyl (C=O) groups is 3. The summed E-state index contributed by atoms with van der Waals surface area (Å²) in [5.41, 5.74) is 3.28. The summed E-state index contributed by atoms with van der Waals surface area (Å²) in [6, 6.07) is 16.6. The second-order valence-corrected chi connectivity index (χ2v) is 19.7. The first-order valence-corrected chi connectivity index (χ1v) is 26.5. The third-order valence-corrected chi connectivity index (χ3v) is 14.2. The second kappa shape index (κ2) is 25.1. The topological polar surface area (TPSA) is 328 Å². The van der Waals surface area contributed by atoms with Crippen molar-refractivity contribution in [2.75, 3.05) is 71.2 Å². The van der Waals surface area contributed by atoms with Crippen molar-refractivity contribution in [3.8, 4) is 23.0 Å². The molecule has 0 spiro atoms. The van der Waals surface area contributed by atoms with E-state index in [0.29, 0.717) is 70.6 Å². The predicted octanol–water partition coefficient (Wildman–Crippen LogP) is 2.82. The molecular weight excluding hydrogens is 1060 g/mol. The number of rotatable bonds is 24. The number of alkyl halides is 1. The van der Waals surface area contributed by atoms with Crippen molar-refractivity contribution in [3.05, 3.63) is 101 Å². The maximum Gasteiger partial charge on any atom is 0.501 e. The molecule has 25 nitrogen and oxygen atoms in total. The number of carbonyl (C=O) groups excluding carboxylic acids is 3. The number of amides is 3. The van der Waals surface area contributed by atoms with Crippen LogP contribution in [0.2, 0.25) is 0 Å². The molecule has 7 N–H and O–H groups in total. The number of hydrogen-bond acceptors (Lipinski definition) is 20. The Hall–Kier alpha value is -7.14. The summed E-state index contributed by atoms with van der Waals surface area (Å²) in [6.07, 6.45) is -6.15. The molecular formula is C51H59ClN8O17S. The van der Waals surface area contributed by atoms with Gasteiger partial charge in [-0.3, -0.25) is 14.4 Å². The Balaban J connectivity index is 1.03. The van der Waals surface area contributed by atoms with Gasteiger partial charge >= 0.3 is 10.4 Å². The number of hydrogen-bond donors (Lipinski definition) is 7. The minimum atomic E-state index is -5.26. The van der Waals surface area contributed by atoms with Gasteiger partial charge in [0.15, 0.2) is 17.2 Å². The van der Waals surface area contributed by atoms with Crippen molar-refractivity contribution in [2.24, 2.45) is 5.16 Å². The highest BCUT2D eigenvalue weighted by atomic mass is 35.5. The number of H-pyrrole nitrogens is 1. The smallest absolute Gasteiger partial charge is 0.497 e. The van der Waals surface area contributed by atoms with Crippen LogP contribution in [0.4, 0.5) is 5.69 Å². The standard InChI is InChI=1S/C51H59ClN8O17S/c1-5-44(62)53-27-73-15-12-33-25-59(57-55-33)14-17-72-16-13-58(3)49(66)30-7-11-40(74-51-48(65)47(64)46(63)43(26-61)75-51)42(20-30)77-78(69,70)76-41-22-39-45(36-21-34(71-4)8-9-35(36)41)32(23-52)24-60(39)50(67)38-19-31-18-29(28(2)56-68)6-10-37(31)54-38/h6-11,18-22,25,32,43,46-48,51,54,61,63-65,68H,5,12-17,23-24,26-27H2,1-4H3,(H,53,62)/b56-28+/t32-,43-,46+,47+,48-,51-/m1/s1. The quantitative estimate of drug-likeness (QED) is 0.0114. The van der Waals surface area contributed by atoms with Crippen LogP contribution in [0, 0.1) is 0 Å². The molecule has 8 rings (SSSR count). The summed E-state index contributed by atoms with van der Waals surface area (Å²) in [5, 5.41) is 66.4. The summed E-state index contributed by atoms with van der Waals surface area (Å²) in [4.78, 5) is 45.7. The van der Waals surface area contributed by atoms with Crippen LogP contribution in [0.15, 0.2) is 78.1 Å². The number of likely N-dealkylation sites (N-methyl/N-ethyl adjacent to an activating group) is 1. The molecule has 0 radical (unpaired) electrons. The SMILES string of the molecule is CCC(=O)NCOCCc1cn(CCOCCN(C)C(=O)c2ccc(O[C@@H]3O[C@H](CO)[C@H](O)[C@H](O)[C@H]3O)c(OS(=O)(=O)Oc3cc4c(c5cc(OC)ccc35)[C@H](CCl)CN4C(=O)c3cc4cc(/C(C)=N/O)ccc4[nH]3)c2)nn1. The van der Waals surface area contributed by atoms with Gasteiger partial charge in [0, 0.05) is 78.9 Å². The zero-order chi connectivity index (χ0) is 55.8. The highest BCUT2D eigenvalue weighted by Gasteiger charge is 2.45. The van der Waals surface area contributed by atoms with Crippen LogP contribution in [-0.4, -0.2) is 179 Å². The van der Waals surface area contributed by atoms with Crippen LogP contribution >= 0.6 is 11.6 Å². The number of aliphatic hydroxyl groups excluding tert-OH is 4. The fourth-order valence-corrected chi connectivity index (χ4v) is 9.81. The Morgan fingerprint density at radius 2 is 1.72 bits per heavy atom. The molecule has 2 aromatic heterocycles. The van der Waals surface area contributed by atoms with Crippen LogP contribution in [0.3, 0.4) is 0 Å². The lowest BCUT2D eigenvalue weighted by atomic mass is 9.95. The van der Waals surface area contributed by atoms with E-state index in [9.17, 15) is 48.4 Å². The van der Waals surface area contributed by atoms with E-state index in [1.54, 1.807) is 67.2 Å². The molecule has 0 aliphatic carbocycles. The van der Waals surface area contributed by atoms with E-state index in [-0.39, 0.29) is 72.9 Å². The van der Waals surface area contributed by atoms with E-state index in [1.807, 2.05) is 0 Å². The van der Waals surface area contributed by atoms with Crippen molar-refractivity contribution in [3.63, 3.8) is 0 Å². The summed E-state index contributed by atoms with van der Waals surface area (Å²) < 4.78 is 69.7. The highest BCUT2D eigenvalue weighted by Crippen LogP contribution is 2.47. The first-order chi connectivity index (χ1) is 37.4. The van der Waals surface area contributed by atoms with E-state index in [1.165, 1.54) is 36.1 Å². The number of oxime groups is 1. The lowest BCUT2D eigenvalue weighted by molar-refractivity contribution is -0.277. The molecule has 27 heteroatoms. The van der Waals surface area contributed by atoms with Crippen molar-refractivity contribution in [2.45, 2.75) is 69.9 Å². The van der Waals surface area contributed by atoms with E-state index in [0.717, 1.165) is 12.1 Å². The number of methoxy groups -OCH3 is 1. The first-order valence-electron chi connectivity index (χ1n) is 24.6. The number of ether oxygens (including phenoxy) is 5. The van der Waals surface area contributed by atoms with Gasteiger partial charge in [0.05, 0.1) is 57.2 Å². The van der Waals surface area contributed by atoms with E-state index in [4.69, 9.17) is 43.7 Å². The molecule has 0 bridgehead atoms. The molecule has 78 heavy (non-hydrogen) atoms. The number of nitrogens with zero attached hydrogens (tertiary/aromatic N) is 6. The van der Waals surface area contributed by atoms with Crippen LogP contribution in [0.1, 0.15) is 63.9 Å². The number of aromatic nitrogens is 4. The molecule has 4 heterocycles. The Labute approximate surface area is 452 Å². The molecule has 2 aliphatic rings. The zero-order valence-electron chi connectivity index (χ0n) is 42.8. The van der Waals surface area contributed by atoms with Crippen LogP contribution in [-0.2, 0) is 42.4 Å². The third-order valence-electron chi connectivity index (χ3n) is 13.1. The van der Waals surface area contributed by atoms with Crippen LogP contribution < -0.4 is 28.1 Å². The lowest BCUT2D eigenvalue weighted by Gasteiger charge is -2.39. The van der Waals surface area contributed by atoms with Gasteiger partial charge in [-0.1, -0.05) is 23.4 Å². The minimum Gasteiger partial charge on any atom is -0.497 e. The Kier molecular flexibility index (Phi) is 18.4. The van der Waals surface area contributed by atoms with Crippen LogP contribution in [0.25, 0.3) is 21.7 Å². The number of aromatic amines is 1. The normalized spacial score (nSPS) is 19.4. The van der Waals surface area contributed by atoms with Gasteiger partial charge in [-0.05, 0) is 78.0 Å². The molecule has 6 aromatic rings. The fraction of sp³-hybridized carbons (Fsp3) is 0.412. The summed E-state index contributed by atoms with van der Waals surface area (Å²) in [6.45, 7) is 3.83. The van der Waals surface area contributed by atoms with Gasteiger partial charge in [-0.25, -0.2) is 4.68 Å². The summed E-state index contributed by atoms with van der Waals surface area (Å²) in [5.74, 6) is -2.54. The first kappa shape index (κ1) is 57.0. The maximum atomic E-state index is 14.5. The molecule has 1 fully saturated rings. The maximum absolute atomic E-state index is 14.5. The monoisotopic (exact) mass is 1120 g/mol. The molecule has 1 saturated heterocycles. The van der Waals surface area contributed by atoms with Crippen molar-refractivity contribution >= 4 is 72.8 Å². The molecule has 418 valence electrons. The number of nitrogens with one attached hydrogen (secondary N) is 2. The zero-order valence-corrected chi connectivity index (χ0v) is 44.3. The van der Waals surface area contributed by atoms with Gasteiger partial charge in [0.1, 0.15) is 42.6 Å². The Morgan fingerprint density at radius 1 is 0.936 bits per heavy atom. The van der Waals surface area contributed by atoms with E-state index < -0.39 is 76.9 Å². The van der Waals surface area contributed by atoms with Gasteiger partial charge in [-0.2, -0.15) is 0 Å². The van der Waals surface area contributed by atoms with Crippen molar-refractivity contribution < 1.29 is 80.5 Å². The number of benzene rings is 4. The molecule has 2 aliphatic heterocycles. The van der Waals surface area contributed by atoms with Gasteiger partial charge in [0.25, 0.3) is 11.8 Å². The van der Waals surface area contributed by atoms with E-state index in [2.05, 4.69) is 25.8 Å². The molecule has 6 atom stereocenters. The average molecular weight is 1120 g/mol. The molecule has 0 unspecified atom stereocenters. The highest BCUT2D eigenvalue weighted by molar-refractivity contribution is 7.82. The number of aliphatic hydroxyl groups is 4. The number of fused-ring (bicyclic) bond motifs is 4. The van der Waals surface area contributed by atoms with Crippen molar-refractivity contribution in [1.29, 1.82) is 0 Å². The molecule has 0 saturated carbocycles. The molecule has 3 amide bonds. The summed E-state index contributed by atoms with van der Waals surface area (Å²) in [7, 11) is -2.32. The fourth-order valence-electron chi connectivity index (χ4n) is 8.81. The second-order valence-electron chi connectivity index (χ2n) is 18.3. The number of anilines is 1. The van der Waals surface area contributed by atoms with Gasteiger partial charge in [-0.15, -0.1) is 25.1 Å². The van der Waals surface area contributed by atoms with Gasteiger partial charge < -0.3 is 77.8 Å². The summed E-state index contributed by atoms with van der Waals surface area (Å²) >= 11 is 6.57. The Bertz CT molecular complexity index is 3280. The predicted molar refractivity (Wildman–Crippen MR) is 280 cm³/mol. The average Bonchev–Trinajstić information content (AvgIpc) is 4.28.